The lowest BCUT2D eigenvalue weighted by Gasteiger charge is -2.22. The van der Waals surface area contributed by atoms with Crippen molar-refractivity contribution in [1.29, 1.82) is 0 Å². The second-order valence-electron chi connectivity index (χ2n) is 6.05. The maximum absolute atomic E-state index is 12.7. The first-order valence-corrected chi connectivity index (χ1v) is 8.45. The number of aromatic nitrogens is 1. The molecule has 1 aromatic rings. The fourth-order valence-electron chi connectivity index (χ4n) is 3.31. The first-order chi connectivity index (χ1) is 9.84. The zero-order valence-electron chi connectivity index (χ0n) is 12.0. The summed E-state index contributed by atoms with van der Waals surface area (Å²) >= 11 is 0. The molecule has 0 aromatic carbocycles. The topological polar surface area (TPSA) is 97.4 Å². The van der Waals surface area contributed by atoms with Gasteiger partial charge >= 0.3 is 0 Å². The standard InChI is InChI=1S/C13H20N4O3S/c1-16-7-10(6-11(16)12(14)18)21(19,20)17-5-3-13(9-17)2-4-15-8-13/h6-7,15H,2-5,8-9H2,1H3,(H2,14,18). The van der Waals surface area contributed by atoms with E-state index in [0.717, 1.165) is 25.9 Å². The smallest absolute Gasteiger partial charge is 0.265 e. The van der Waals surface area contributed by atoms with Gasteiger partial charge in [0, 0.05) is 32.9 Å². The van der Waals surface area contributed by atoms with E-state index in [2.05, 4.69) is 5.32 Å². The molecular weight excluding hydrogens is 292 g/mol. The van der Waals surface area contributed by atoms with Crippen molar-refractivity contribution in [3.05, 3.63) is 18.0 Å². The van der Waals surface area contributed by atoms with Gasteiger partial charge < -0.3 is 15.6 Å². The van der Waals surface area contributed by atoms with Gasteiger partial charge in [-0.3, -0.25) is 4.79 Å². The van der Waals surface area contributed by atoms with Crippen LogP contribution in [-0.4, -0.2) is 49.4 Å². The van der Waals surface area contributed by atoms with E-state index in [1.54, 1.807) is 7.05 Å². The van der Waals surface area contributed by atoms with Crippen molar-refractivity contribution in [2.45, 2.75) is 17.7 Å². The zero-order valence-corrected chi connectivity index (χ0v) is 12.8. The number of carbonyl (C=O) groups is 1. The Morgan fingerprint density at radius 2 is 2.19 bits per heavy atom. The van der Waals surface area contributed by atoms with Crippen LogP contribution in [0.2, 0.25) is 0 Å². The number of hydrogen-bond acceptors (Lipinski definition) is 4. The summed E-state index contributed by atoms with van der Waals surface area (Å²) in [5.41, 5.74) is 5.52. The number of nitrogens with one attached hydrogen (secondary N) is 1. The number of nitrogens with zero attached hydrogens (tertiary/aromatic N) is 2. The molecule has 0 aliphatic carbocycles. The third-order valence-electron chi connectivity index (χ3n) is 4.61. The Labute approximate surface area is 124 Å². The number of primary amides is 1. The summed E-state index contributed by atoms with van der Waals surface area (Å²) < 4.78 is 28.4. The van der Waals surface area contributed by atoms with E-state index in [1.807, 2.05) is 0 Å². The first kappa shape index (κ1) is 14.6. The Balaban J connectivity index is 1.87. The summed E-state index contributed by atoms with van der Waals surface area (Å²) in [4.78, 5) is 11.4. The number of amides is 1. The summed E-state index contributed by atoms with van der Waals surface area (Å²) in [6.07, 6.45) is 3.35. The summed E-state index contributed by atoms with van der Waals surface area (Å²) in [5, 5.41) is 3.31. The molecule has 7 nitrogen and oxygen atoms in total. The van der Waals surface area contributed by atoms with Crippen molar-refractivity contribution in [2.75, 3.05) is 26.2 Å². The molecular formula is C13H20N4O3S. The molecule has 116 valence electrons. The Bertz CT molecular complexity index is 674. The summed E-state index contributed by atoms with van der Waals surface area (Å²) in [6.45, 7) is 2.90. The summed E-state index contributed by atoms with van der Waals surface area (Å²) in [5.74, 6) is -0.628. The van der Waals surface area contributed by atoms with Crippen molar-refractivity contribution in [3.63, 3.8) is 0 Å². The third-order valence-corrected chi connectivity index (χ3v) is 6.42. The maximum atomic E-state index is 12.7. The minimum Gasteiger partial charge on any atom is -0.364 e. The van der Waals surface area contributed by atoms with Gasteiger partial charge in [-0.2, -0.15) is 4.31 Å². The number of carbonyl (C=O) groups excluding carboxylic acids is 1. The van der Waals surface area contributed by atoms with Crippen molar-refractivity contribution in [3.8, 4) is 0 Å². The number of aryl methyl sites for hydroxylation is 1. The third kappa shape index (κ3) is 2.37. The lowest BCUT2D eigenvalue weighted by atomic mass is 9.87. The largest absolute Gasteiger partial charge is 0.364 e. The molecule has 0 bridgehead atoms. The van der Waals surface area contributed by atoms with E-state index in [-0.39, 0.29) is 16.0 Å². The molecule has 1 spiro atoms. The highest BCUT2D eigenvalue weighted by Gasteiger charge is 2.44. The van der Waals surface area contributed by atoms with Gasteiger partial charge in [0.15, 0.2) is 0 Å². The van der Waals surface area contributed by atoms with Gasteiger partial charge in [-0.1, -0.05) is 0 Å². The van der Waals surface area contributed by atoms with Crippen LogP contribution in [-0.2, 0) is 17.1 Å². The van der Waals surface area contributed by atoms with Crippen molar-refractivity contribution < 1.29 is 13.2 Å². The van der Waals surface area contributed by atoms with E-state index in [4.69, 9.17) is 5.73 Å². The van der Waals surface area contributed by atoms with Crippen LogP contribution >= 0.6 is 0 Å². The molecule has 2 aliphatic rings. The maximum Gasteiger partial charge on any atom is 0.265 e. The first-order valence-electron chi connectivity index (χ1n) is 7.01. The van der Waals surface area contributed by atoms with E-state index in [0.29, 0.717) is 13.1 Å². The van der Waals surface area contributed by atoms with Gasteiger partial charge in [0.2, 0.25) is 10.0 Å². The minimum absolute atomic E-state index is 0.0777. The van der Waals surface area contributed by atoms with Crippen molar-refractivity contribution >= 4 is 15.9 Å². The summed E-state index contributed by atoms with van der Waals surface area (Å²) in [7, 11) is -1.94. The Morgan fingerprint density at radius 1 is 1.43 bits per heavy atom. The van der Waals surface area contributed by atoms with Crippen LogP contribution < -0.4 is 11.1 Å². The average Bonchev–Trinajstić information content (AvgIpc) is 3.11. The monoisotopic (exact) mass is 312 g/mol. The van der Waals surface area contributed by atoms with E-state index in [1.165, 1.54) is 21.1 Å². The SMILES string of the molecule is Cn1cc(S(=O)(=O)N2CCC3(CCNC3)C2)cc1C(N)=O. The highest BCUT2D eigenvalue weighted by molar-refractivity contribution is 7.89. The second-order valence-corrected chi connectivity index (χ2v) is 7.99. The number of sulfonamides is 1. The quantitative estimate of drug-likeness (QED) is 0.786. The van der Waals surface area contributed by atoms with E-state index < -0.39 is 15.9 Å². The highest BCUT2D eigenvalue weighted by atomic mass is 32.2. The fourth-order valence-corrected chi connectivity index (χ4v) is 4.94. The molecule has 2 saturated heterocycles. The van der Waals surface area contributed by atoms with Gasteiger partial charge in [0.25, 0.3) is 5.91 Å². The van der Waals surface area contributed by atoms with Crippen molar-refractivity contribution in [2.24, 2.45) is 18.2 Å². The highest BCUT2D eigenvalue weighted by Crippen LogP contribution is 2.38. The molecule has 1 amide bonds. The van der Waals surface area contributed by atoms with Gasteiger partial charge in [-0.15, -0.1) is 0 Å². The normalized spacial score (nSPS) is 26.7. The Hall–Kier alpha value is -1.38. The van der Waals surface area contributed by atoms with Crippen molar-refractivity contribution in [1.82, 2.24) is 14.2 Å². The van der Waals surface area contributed by atoms with Gasteiger partial charge in [-0.05, 0) is 30.9 Å². The molecule has 0 saturated carbocycles. The zero-order chi connectivity index (χ0) is 15.3. The molecule has 2 fully saturated rings. The van der Waals surface area contributed by atoms with Gasteiger partial charge in [0.05, 0.1) is 0 Å². The summed E-state index contributed by atoms with van der Waals surface area (Å²) in [6, 6.07) is 1.36. The van der Waals surface area contributed by atoms with Crippen LogP contribution in [0, 0.1) is 5.41 Å². The molecule has 3 rings (SSSR count). The minimum atomic E-state index is -3.56. The predicted molar refractivity (Wildman–Crippen MR) is 77.2 cm³/mol. The molecule has 1 atom stereocenters. The molecule has 21 heavy (non-hydrogen) atoms. The van der Waals surface area contributed by atoms with Crippen LogP contribution in [0.5, 0.6) is 0 Å². The predicted octanol–water partition coefficient (Wildman–Crippen LogP) is -0.502. The fraction of sp³-hybridized carbons (Fsp3) is 0.615. The van der Waals surface area contributed by atoms with E-state index >= 15 is 0 Å². The van der Waals surface area contributed by atoms with Crippen LogP contribution in [0.4, 0.5) is 0 Å². The van der Waals surface area contributed by atoms with Crippen LogP contribution in [0.15, 0.2) is 17.2 Å². The van der Waals surface area contributed by atoms with Gasteiger partial charge in [0.1, 0.15) is 10.6 Å². The number of hydrogen-bond donors (Lipinski definition) is 2. The molecule has 1 unspecified atom stereocenters. The van der Waals surface area contributed by atoms with Crippen LogP contribution in [0.3, 0.4) is 0 Å². The molecule has 2 aliphatic heterocycles. The van der Waals surface area contributed by atoms with Crippen LogP contribution in [0.1, 0.15) is 23.3 Å². The molecule has 1 aromatic heterocycles. The average molecular weight is 312 g/mol. The number of rotatable bonds is 3. The lowest BCUT2D eigenvalue weighted by Crippen LogP contribution is -2.33. The van der Waals surface area contributed by atoms with E-state index in [9.17, 15) is 13.2 Å². The van der Waals surface area contributed by atoms with Gasteiger partial charge in [-0.25, -0.2) is 8.42 Å². The Kier molecular flexibility index (Phi) is 3.34. The molecule has 0 radical (unpaired) electrons. The molecule has 3 heterocycles. The number of nitrogens with two attached hydrogens (primary N) is 1. The molecule has 8 heteroatoms. The van der Waals surface area contributed by atoms with Crippen LogP contribution in [0.25, 0.3) is 0 Å². The lowest BCUT2D eigenvalue weighted by molar-refractivity contribution is 0.0992. The molecule has 3 N–H and O–H groups in total. The Morgan fingerprint density at radius 3 is 2.76 bits per heavy atom. The second kappa shape index (κ2) is 4.82.